The number of unbranched alkanes of at least 4 members (excludes halogenated alkanes) is 11. The predicted octanol–water partition coefficient (Wildman–Crippen LogP) is 5.59. The van der Waals surface area contributed by atoms with Gasteiger partial charge in [-0.25, -0.2) is 4.79 Å². The zero-order chi connectivity index (χ0) is 22.7. The van der Waals surface area contributed by atoms with E-state index >= 15 is 0 Å². The molecule has 5 heteroatoms. The third-order valence-corrected chi connectivity index (χ3v) is 6.24. The monoisotopic (exact) mass is 440 g/mol. The molecule has 3 N–H and O–H groups in total. The smallest absolute Gasteiger partial charge is 0.330 e. The minimum atomic E-state index is -0.701. The molecule has 5 nitrogen and oxygen atoms in total. The van der Waals surface area contributed by atoms with Crippen LogP contribution in [0.4, 0.5) is 0 Å². The maximum absolute atomic E-state index is 11.2. The number of hydrogen-bond donors (Lipinski definition) is 3. The van der Waals surface area contributed by atoms with Gasteiger partial charge in [-0.15, -0.1) is 0 Å². The highest BCUT2D eigenvalue weighted by molar-refractivity contribution is 5.82. The minimum absolute atomic E-state index is 0.253. The van der Waals surface area contributed by atoms with Gasteiger partial charge in [-0.05, 0) is 25.7 Å². The van der Waals surface area contributed by atoms with Gasteiger partial charge in [-0.3, -0.25) is 0 Å². The third-order valence-electron chi connectivity index (χ3n) is 6.24. The average Bonchev–Trinajstić information content (AvgIpc) is 2.73. The molecule has 0 bridgehead atoms. The van der Waals surface area contributed by atoms with Gasteiger partial charge in [0.15, 0.2) is 0 Å². The molecule has 31 heavy (non-hydrogen) atoms. The molecule has 0 aliphatic carbocycles. The Balaban J connectivity index is 1.91. The molecule has 1 heterocycles. The summed E-state index contributed by atoms with van der Waals surface area (Å²) in [5.74, 6) is -0.370. The highest BCUT2D eigenvalue weighted by atomic mass is 16.5. The van der Waals surface area contributed by atoms with Crippen LogP contribution in [0.5, 0.6) is 0 Å². The molecule has 0 amide bonds. The summed E-state index contributed by atoms with van der Waals surface area (Å²) in [6.07, 6.45) is 19.9. The summed E-state index contributed by atoms with van der Waals surface area (Å²) in [6, 6.07) is 0. The lowest BCUT2D eigenvalue weighted by atomic mass is 9.98. The number of aliphatic hydroxyl groups is 3. The first kappa shape index (κ1) is 28.1. The van der Waals surface area contributed by atoms with Crippen LogP contribution >= 0.6 is 0 Å². The zero-order valence-corrected chi connectivity index (χ0v) is 19.9. The normalized spacial score (nSPS) is 19.2. The fraction of sp³-hybridized carbons (Fsp3) is 0.885. The molecule has 1 aliphatic rings. The number of cyclic esters (lactones) is 1. The van der Waals surface area contributed by atoms with Gasteiger partial charge in [0.1, 0.15) is 6.10 Å². The van der Waals surface area contributed by atoms with Crippen LogP contribution in [0.3, 0.4) is 0 Å². The van der Waals surface area contributed by atoms with Crippen LogP contribution in [0.1, 0.15) is 122 Å². The predicted molar refractivity (Wildman–Crippen MR) is 126 cm³/mol. The first-order valence-electron chi connectivity index (χ1n) is 12.9. The lowest BCUT2D eigenvalue weighted by Crippen LogP contribution is -2.28. The van der Waals surface area contributed by atoms with Gasteiger partial charge >= 0.3 is 5.97 Å². The molecular weight excluding hydrogens is 392 g/mol. The van der Waals surface area contributed by atoms with E-state index in [1.807, 2.05) is 0 Å². The number of esters is 1. The van der Waals surface area contributed by atoms with E-state index in [2.05, 4.69) is 6.92 Å². The number of carbonyl (C=O) groups is 1. The van der Waals surface area contributed by atoms with Crippen LogP contribution in [0, 0.1) is 0 Å². The van der Waals surface area contributed by atoms with Gasteiger partial charge in [0.2, 0.25) is 0 Å². The van der Waals surface area contributed by atoms with Crippen molar-refractivity contribution < 1.29 is 24.9 Å². The second kappa shape index (κ2) is 18.6. The lowest BCUT2D eigenvalue weighted by molar-refractivity contribution is -0.145. The maximum atomic E-state index is 11.2. The van der Waals surface area contributed by atoms with Crippen molar-refractivity contribution in [1.29, 1.82) is 0 Å². The van der Waals surface area contributed by atoms with Crippen molar-refractivity contribution in [2.45, 2.75) is 147 Å². The summed E-state index contributed by atoms with van der Waals surface area (Å²) in [7, 11) is 0. The molecule has 0 unspecified atom stereocenters. The Labute approximate surface area is 190 Å². The van der Waals surface area contributed by atoms with Crippen molar-refractivity contribution in [1.82, 2.24) is 0 Å². The van der Waals surface area contributed by atoms with Crippen LogP contribution in [0.25, 0.3) is 0 Å². The number of ether oxygens (including phenoxy) is 1. The number of carbonyl (C=O) groups excluding carboxylic acids is 1. The Hall–Kier alpha value is -0.910. The molecule has 182 valence electrons. The highest BCUT2D eigenvalue weighted by Crippen LogP contribution is 2.18. The van der Waals surface area contributed by atoms with Crippen LogP contribution in [-0.2, 0) is 9.53 Å². The van der Waals surface area contributed by atoms with E-state index in [0.717, 1.165) is 12.8 Å². The fourth-order valence-corrected chi connectivity index (χ4v) is 4.29. The van der Waals surface area contributed by atoms with E-state index in [0.29, 0.717) is 25.7 Å². The lowest BCUT2D eigenvalue weighted by Gasteiger charge is -2.23. The largest absolute Gasteiger partial charge is 0.459 e. The van der Waals surface area contributed by atoms with Crippen molar-refractivity contribution in [3.63, 3.8) is 0 Å². The first-order valence-corrected chi connectivity index (χ1v) is 12.9. The first-order chi connectivity index (χ1) is 15.0. The molecule has 0 fully saturated rings. The van der Waals surface area contributed by atoms with Crippen LogP contribution in [-0.4, -0.2) is 45.7 Å². The molecule has 4 atom stereocenters. The van der Waals surface area contributed by atoms with E-state index in [1.165, 1.54) is 76.7 Å². The fourth-order valence-electron chi connectivity index (χ4n) is 4.29. The Kier molecular flexibility index (Phi) is 16.9. The summed E-state index contributed by atoms with van der Waals surface area (Å²) in [5.41, 5.74) is 0. The standard InChI is InChI=1S/C26H48O5/c1-2-3-4-5-6-7-8-9-10-11-12-13-15-22(27)18-19-23(28)20-24(29)21-25-16-14-17-26(30)31-25/h14,17,22-25,27-29H,2-13,15-16,18-21H2,1H3/t22-,23+,24-,25+/m1/s1. The van der Waals surface area contributed by atoms with Crippen molar-refractivity contribution in [3.05, 3.63) is 12.2 Å². The number of hydrogen-bond acceptors (Lipinski definition) is 5. The van der Waals surface area contributed by atoms with Crippen molar-refractivity contribution in [2.75, 3.05) is 0 Å². The molecular formula is C26H48O5. The summed E-state index contributed by atoms with van der Waals surface area (Å²) >= 11 is 0. The van der Waals surface area contributed by atoms with Gasteiger partial charge in [0.05, 0.1) is 18.3 Å². The second-order valence-electron chi connectivity index (χ2n) is 9.38. The Morgan fingerprint density at radius 2 is 1.35 bits per heavy atom. The van der Waals surface area contributed by atoms with Crippen molar-refractivity contribution in [2.24, 2.45) is 0 Å². The Bertz CT molecular complexity index is 465. The molecule has 1 aliphatic heterocycles. The maximum Gasteiger partial charge on any atom is 0.330 e. The molecule has 0 saturated carbocycles. The minimum Gasteiger partial charge on any atom is -0.459 e. The van der Waals surface area contributed by atoms with Crippen molar-refractivity contribution >= 4 is 5.97 Å². The quantitative estimate of drug-likeness (QED) is 0.170. The number of rotatable bonds is 20. The van der Waals surface area contributed by atoms with Gasteiger partial charge in [-0.2, -0.15) is 0 Å². The molecule has 1 rings (SSSR count). The van der Waals surface area contributed by atoms with Gasteiger partial charge in [0, 0.05) is 18.9 Å². The average molecular weight is 441 g/mol. The van der Waals surface area contributed by atoms with E-state index in [1.54, 1.807) is 6.08 Å². The molecule has 0 aromatic carbocycles. The van der Waals surface area contributed by atoms with Crippen LogP contribution < -0.4 is 0 Å². The van der Waals surface area contributed by atoms with Crippen LogP contribution in [0.15, 0.2) is 12.2 Å². The topological polar surface area (TPSA) is 87.0 Å². The zero-order valence-electron chi connectivity index (χ0n) is 19.9. The third kappa shape index (κ3) is 16.4. The summed E-state index contributed by atoms with van der Waals surface area (Å²) in [4.78, 5) is 11.2. The summed E-state index contributed by atoms with van der Waals surface area (Å²) < 4.78 is 5.14. The molecule has 0 saturated heterocycles. The van der Waals surface area contributed by atoms with E-state index < -0.39 is 12.2 Å². The van der Waals surface area contributed by atoms with E-state index in [-0.39, 0.29) is 24.6 Å². The Morgan fingerprint density at radius 1 is 0.806 bits per heavy atom. The molecule has 0 aromatic rings. The van der Waals surface area contributed by atoms with Gasteiger partial charge < -0.3 is 20.1 Å². The molecule has 0 spiro atoms. The number of aliphatic hydroxyl groups excluding tert-OH is 3. The van der Waals surface area contributed by atoms with Gasteiger partial charge in [0.25, 0.3) is 0 Å². The highest BCUT2D eigenvalue weighted by Gasteiger charge is 2.22. The molecule has 0 aromatic heterocycles. The SMILES string of the molecule is CCCCCCCCCCCCCC[C@@H](O)CC[C@H](O)C[C@@H](O)C[C@@H]1CC=CC(=O)O1. The van der Waals surface area contributed by atoms with Gasteiger partial charge in [-0.1, -0.05) is 90.0 Å². The summed E-state index contributed by atoms with van der Waals surface area (Å²) in [6.45, 7) is 2.26. The van der Waals surface area contributed by atoms with Crippen LogP contribution in [0.2, 0.25) is 0 Å². The van der Waals surface area contributed by atoms with Crippen molar-refractivity contribution in [3.8, 4) is 0 Å². The molecule has 0 radical (unpaired) electrons. The summed E-state index contributed by atoms with van der Waals surface area (Å²) in [5, 5.41) is 30.4. The van der Waals surface area contributed by atoms with E-state index in [4.69, 9.17) is 4.74 Å². The Morgan fingerprint density at radius 3 is 1.94 bits per heavy atom. The second-order valence-corrected chi connectivity index (χ2v) is 9.38. The van der Waals surface area contributed by atoms with E-state index in [9.17, 15) is 20.1 Å².